The fourth-order valence-electron chi connectivity index (χ4n) is 0.292. The Labute approximate surface area is 102 Å². The fraction of sp³-hybridized carbons (Fsp3) is 0.250. The lowest BCUT2D eigenvalue weighted by Crippen LogP contribution is -1.98. The van der Waals surface area contributed by atoms with E-state index in [1.54, 1.807) is 13.0 Å². The van der Waals surface area contributed by atoms with E-state index in [-0.39, 0.29) is 11.9 Å². The molecule has 0 aliphatic heterocycles. The molecule has 0 N–H and O–H groups in total. The molecule has 0 rings (SSSR count). The minimum Gasteiger partial charge on any atom is -0.466 e. The molecule has 0 atom stereocenters. The van der Waals surface area contributed by atoms with Crippen LogP contribution >= 0.6 is 0 Å². The Morgan fingerprint density at radius 3 is 1.71 bits per heavy atom. The highest BCUT2D eigenvalue weighted by atomic mass is 16.5. The van der Waals surface area contributed by atoms with E-state index in [1.807, 2.05) is 0 Å². The topological polar surface area (TPSA) is 76.4 Å². The molecule has 5 heteroatoms. The highest BCUT2D eigenvalue weighted by Crippen LogP contribution is 1.87. The molecule has 0 saturated heterocycles. The normalized spacial score (nSPS) is 6.47. The van der Waals surface area contributed by atoms with Crippen molar-refractivity contribution in [2.45, 2.75) is 13.8 Å². The standard InChI is InChI=1S/C5H8O2.C4H6O2.C3H3N/c1-4(2)5(6)7-3;1-3-6-4(2)5;1-2-3-4/h1H2,2-3H3;3H,1H2,2H3;2H,1H2. The summed E-state index contributed by atoms with van der Waals surface area (Å²) in [5, 5.41) is 7.51. The quantitative estimate of drug-likeness (QED) is 0.319. The summed E-state index contributed by atoms with van der Waals surface area (Å²) in [6.07, 6.45) is 2.28. The van der Waals surface area contributed by atoms with Gasteiger partial charge in [0.05, 0.1) is 19.4 Å². The minimum absolute atomic E-state index is 0.329. The molecule has 0 spiro atoms. The maximum atomic E-state index is 10.2. The summed E-state index contributed by atoms with van der Waals surface area (Å²) in [5.41, 5.74) is 0.433. The Kier molecular flexibility index (Phi) is 19.0. The highest BCUT2D eigenvalue weighted by molar-refractivity contribution is 5.86. The molecule has 0 unspecified atom stereocenters. The van der Waals surface area contributed by atoms with E-state index in [0.717, 1.165) is 6.26 Å². The third kappa shape index (κ3) is 31.7. The van der Waals surface area contributed by atoms with Gasteiger partial charge < -0.3 is 9.47 Å². The molecular weight excluding hydrogens is 222 g/mol. The van der Waals surface area contributed by atoms with E-state index in [0.29, 0.717) is 5.57 Å². The fourth-order valence-corrected chi connectivity index (χ4v) is 0.292. The maximum absolute atomic E-state index is 10.2. The van der Waals surface area contributed by atoms with Gasteiger partial charge in [-0.25, -0.2) is 4.79 Å². The van der Waals surface area contributed by atoms with E-state index in [1.165, 1.54) is 20.1 Å². The molecule has 5 nitrogen and oxygen atoms in total. The van der Waals surface area contributed by atoms with Gasteiger partial charge in [-0.1, -0.05) is 19.7 Å². The second kappa shape index (κ2) is 16.1. The lowest BCUT2D eigenvalue weighted by Gasteiger charge is -1.91. The molecule has 0 aromatic carbocycles. The first-order valence-corrected chi connectivity index (χ1v) is 4.39. The second-order valence-electron chi connectivity index (χ2n) is 2.38. The third-order valence-electron chi connectivity index (χ3n) is 0.874. The molecule has 0 radical (unpaired) electrons. The summed E-state index contributed by atoms with van der Waals surface area (Å²) < 4.78 is 8.44. The van der Waals surface area contributed by atoms with E-state index >= 15 is 0 Å². The number of hydrogen-bond acceptors (Lipinski definition) is 5. The molecular formula is C12H17NO4. The first-order valence-electron chi connectivity index (χ1n) is 4.39. The number of rotatable bonds is 2. The predicted molar refractivity (Wildman–Crippen MR) is 64.6 cm³/mol. The van der Waals surface area contributed by atoms with Crippen molar-refractivity contribution in [1.82, 2.24) is 0 Å². The van der Waals surface area contributed by atoms with E-state index in [9.17, 15) is 9.59 Å². The van der Waals surface area contributed by atoms with Gasteiger partial charge in [-0.3, -0.25) is 4.79 Å². The second-order valence-corrected chi connectivity index (χ2v) is 2.38. The smallest absolute Gasteiger partial charge is 0.332 e. The number of hydrogen-bond donors (Lipinski definition) is 0. The van der Waals surface area contributed by atoms with Crippen LogP contribution in [0.1, 0.15) is 13.8 Å². The van der Waals surface area contributed by atoms with Gasteiger partial charge in [0.15, 0.2) is 0 Å². The first kappa shape index (κ1) is 20.1. The number of nitriles is 1. The van der Waals surface area contributed by atoms with Crippen molar-refractivity contribution in [3.63, 3.8) is 0 Å². The van der Waals surface area contributed by atoms with Crippen LogP contribution in [-0.4, -0.2) is 19.0 Å². The van der Waals surface area contributed by atoms with Crippen molar-refractivity contribution in [2.75, 3.05) is 7.11 Å². The number of allylic oxidation sites excluding steroid dienone is 1. The monoisotopic (exact) mass is 239 g/mol. The SMILES string of the molecule is C=C(C)C(=O)OC.C=CC#N.C=COC(C)=O. The zero-order valence-electron chi connectivity index (χ0n) is 10.4. The van der Waals surface area contributed by atoms with E-state index in [2.05, 4.69) is 29.2 Å². The summed E-state index contributed by atoms with van der Waals surface area (Å²) >= 11 is 0. The van der Waals surface area contributed by atoms with Gasteiger partial charge >= 0.3 is 11.9 Å². The van der Waals surface area contributed by atoms with Crippen LogP contribution in [-0.2, 0) is 19.1 Å². The lowest BCUT2D eigenvalue weighted by atomic mass is 10.4. The highest BCUT2D eigenvalue weighted by Gasteiger charge is 1.95. The first-order chi connectivity index (χ1) is 7.87. The van der Waals surface area contributed by atoms with Crippen molar-refractivity contribution in [1.29, 1.82) is 5.26 Å². The molecule has 17 heavy (non-hydrogen) atoms. The van der Waals surface area contributed by atoms with Gasteiger partial charge in [0.2, 0.25) is 0 Å². The van der Waals surface area contributed by atoms with Gasteiger partial charge in [0.1, 0.15) is 0 Å². The average Bonchev–Trinajstić information content (AvgIpc) is 2.28. The van der Waals surface area contributed by atoms with Crippen LogP contribution in [0.5, 0.6) is 0 Å². The molecule has 0 bridgehead atoms. The average molecular weight is 239 g/mol. The Balaban J connectivity index is -0.000000180. The van der Waals surface area contributed by atoms with Crippen molar-refractivity contribution < 1.29 is 19.1 Å². The Bertz CT molecular complexity index is 313. The van der Waals surface area contributed by atoms with Crippen molar-refractivity contribution in [3.05, 3.63) is 37.6 Å². The zero-order chi connectivity index (χ0) is 14.3. The van der Waals surface area contributed by atoms with Crippen molar-refractivity contribution >= 4 is 11.9 Å². The minimum atomic E-state index is -0.347. The maximum Gasteiger partial charge on any atom is 0.332 e. The van der Waals surface area contributed by atoms with Crippen LogP contribution in [0.4, 0.5) is 0 Å². The third-order valence-corrected chi connectivity index (χ3v) is 0.874. The van der Waals surface area contributed by atoms with Crippen LogP contribution in [0.15, 0.2) is 37.6 Å². The molecule has 0 amide bonds. The van der Waals surface area contributed by atoms with Crippen molar-refractivity contribution in [3.8, 4) is 6.07 Å². The van der Waals surface area contributed by atoms with Crippen LogP contribution in [0.25, 0.3) is 0 Å². The molecule has 0 aliphatic carbocycles. The van der Waals surface area contributed by atoms with Gasteiger partial charge in [0.25, 0.3) is 0 Å². The van der Waals surface area contributed by atoms with Crippen molar-refractivity contribution in [2.24, 2.45) is 0 Å². The summed E-state index contributed by atoms with van der Waals surface area (Å²) in [6.45, 7) is 12.6. The Hall–Kier alpha value is -2.35. The Morgan fingerprint density at radius 1 is 1.29 bits per heavy atom. The predicted octanol–water partition coefficient (Wildman–Crippen LogP) is 2.12. The molecule has 94 valence electrons. The number of carbonyl (C=O) groups is 2. The van der Waals surface area contributed by atoms with Crippen LogP contribution in [0.3, 0.4) is 0 Å². The number of methoxy groups -OCH3 is 1. The van der Waals surface area contributed by atoms with Crippen LogP contribution < -0.4 is 0 Å². The molecule has 0 aromatic rings. The van der Waals surface area contributed by atoms with Gasteiger partial charge in [-0.05, 0) is 6.92 Å². The molecule has 0 saturated carbocycles. The number of esters is 2. The molecule has 0 fully saturated rings. The number of carbonyl (C=O) groups excluding carboxylic acids is 2. The number of nitrogens with zero attached hydrogens (tertiary/aromatic N) is 1. The summed E-state index contributed by atoms with van der Waals surface area (Å²) in [6, 6.07) is 1.69. The largest absolute Gasteiger partial charge is 0.466 e. The summed E-state index contributed by atoms with van der Waals surface area (Å²) in [7, 11) is 1.33. The van der Waals surface area contributed by atoms with Gasteiger partial charge in [-0.2, -0.15) is 5.26 Å². The molecule has 0 aromatic heterocycles. The van der Waals surface area contributed by atoms with Gasteiger partial charge in [-0.15, -0.1) is 0 Å². The lowest BCUT2D eigenvalue weighted by molar-refractivity contribution is -0.136. The summed E-state index contributed by atoms with van der Waals surface area (Å²) in [5.74, 6) is -0.676. The molecule has 0 heterocycles. The van der Waals surface area contributed by atoms with E-state index < -0.39 is 0 Å². The number of ether oxygens (including phenoxy) is 2. The van der Waals surface area contributed by atoms with Gasteiger partial charge in [0, 0.05) is 18.6 Å². The summed E-state index contributed by atoms with van der Waals surface area (Å²) in [4.78, 5) is 19.9. The van der Waals surface area contributed by atoms with E-state index in [4.69, 9.17) is 5.26 Å². The zero-order valence-corrected chi connectivity index (χ0v) is 10.4. The van der Waals surface area contributed by atoms with Crippen LogP contribution in [0.2, 0.25) is 0 Å². The Morgan fingerprint density at radius 2 is 1.71 bits per heavy atom. The van der Waals surface area contributed by atoms with Crippen LogP contribution in [0, 0.1) is 11.3 Å². The molecule has 0 aliphatic rings.